The lowest BCUT2D eigenvalue weighted by molar-refractivity contribution is -0.138. The van der Waals surface area contributed by atoms with Crippen molar-refractivity contribution in [2.24, 2.45) is 0 Å². The molecular weight excluding hydrogens is 367 g/mol. The van der Waals surface area contributed by atoms with E-state index in [1.54, 1.807) is 0 Å². The highest BCUT2D eigenvalue weighted by Gasteiger charge is 2.31. The SMILES string of the molecule is O=C(O)CCS(=O)(=O)Nc1cc(Br)cc(C(F)(F)F)c1. The fraction of sp³-hybridized carbons (Fsp3) is 0.300. The molecule has 0 aliphatic heterocycles. The summed E-state index contributed by atoms with van der Waals surface area (Å²) in [6.45, 7) is 0. The van der Waals surface area contributed by atoms with Crippen molar-refractivity contribution >= 4 is 37.6 Å². The maximum Gasteiger partial charge on any atom is 0.416 e. The third-order valence-corrected chi connectivity index (χ3v) is 3.83. The first kappa shape index (κ1) is 16.8. The zero-order valence-electron chi connectivity index (χ0n) is 9.74. The molecule has 20 heavy (non-hydrogen) atoms. The molecule has 0 saturated heterocycles. The average Bonchev–Trinajstić information content (AvgIpc) is 2.24. The van der Waals surface area contributed by atoms with Gasteiger partial charge in [0.25, 0.3) is 0 Å². The molecule has 0 aliphatic carbocycles. The van der Waals surface area contributed by atoms with Gasteiger partial charge in [-0.05, 0) is 18.2 Å². The van der Waals surface area contributed by atoms with Gasteiger partial charge in [0.05, 0.1) is 23.4 Å². The highest BCUT2D eigenvalue weighted by molar-refractivity contribution is 9.10. The summed E-state index contributed by atoms with van der Waals surface area (Å²) in [6, 6.07) is 2.58. The standard InChI is InChI=1S/C10H9BrF3NO4S/c11-7-3-6(10(12,13)14)4-8(5-7)15-20(18,19)2-1-9(16)17/h3-5,15H,1-2H2,(H,16,17). The molecule has 0 atom stereocenters. The minimum atomic E-state index is -4.62. The van der Waals surface area contributed by atoms with Crippen LogP contribution in [0.25, 0.3) is 0 Å². The molecule has 1 aromatic carbocycles. The van der Waals surface area contributed by atoms with Crippen LogP contribution in [0.4, 0.5) is 18.9 Å². The van der Waals surface area contributed by atoms with Crippen LogP contribution in [0.2, 0.25) is 0 Å². The van der Waals surface area contributed by atoms with E-state index in [0.717, 1.165) is 12.1 Å². The molecule has 0 spiro atoms. The smallest absolute Gasteiger partial charge is 0.416 e. The van der Waals surface area contributed by atoms with Gasteiger partial charge >= 0.3 is 12.1 Å². The van der Waals surface area contributed by atoms with Gasteiger partial charge in [-0.25, -0.2) is 8.42 Å². The molecule has 0 bridgehead atoms. The number of carbonyl (C=O) groups is 1. The number of alkyl halides is 3. The maximum atomic E-state index is 12.6. The molecule has 0 radical (unpaired) electrons. The van der Waals surface area contributed by atoms with E-state index in [1.165, 1.54) is 0 Å². The van der Waals surface area contributed by atoms with Crippen molar-refractivity contribution in [2.75, 3.05) is 10.5 Å². The summed E-state index contributed by atoms with van der Waals surface area (Å²) in [5.74, 6) is -2.04. The van der Waals surface area contributed by atoms with E-state index in [-0.39, 0.29) is 10.2 Å². The molecule has 1 rings (SSSR count). The molecular formula is C10H9BrF3NO4S. The van der Waals surface area contributed by atoms with Crippen LogP contribution in [0.1, 0.15) is 12.0 Å². The maximum absolute atomic E-state index is 12.6. The van der Waals surface area contributed by atoms with Gasteiger partial charge in [0.2, 0.25) is 10.0 Å². The Bertz CT molecular complexity index is 615. The minimum absolute atomic E-state index is 0.0447. The number of carboxylic acid groups (broad SMARTS) is 1. The molecule has 0 amide bonds. The van der Waals surface area contributed by atoms with Crippen LogP contribution in [0.3, 0.4) is 0 Å². The highest BCUT2D eigenvalue weighted by atomic mass is 79.9. The largest absolute Gasteiger partial charge is 0.481 e. The molecule has 0 aromatic heterocycles. The fourth-order valence-corrected chi connectivity index (χ4v) is 2.78. The Labute approximate surface area is 121 Å². The number of benzene rings is 1. The normalized spacial score (nSPS) is 12.2. The fourth-order valence-electron chi connectivity index (χ4n) is 1.26. The molecule has 0 saturated carbocycles. The molecule has 2 N–H and O–H groups in total. The molecule has 10 heteroatoms. The van der Waals surface area contributed by atoms with Gasteiger partial charge < -0.3 is 5.11 Å². The highest BCUT2D eigenvalue weighted by Crippen LogP contribution is 2.33. The molecule has 112 valence electrons. The van der Waals surface area contributed by atoms with E-state index < -0.39 is 39.9 Å². The van der Waals surface area contributed by atoms with Crippen LogP contribution in [-0.2, 0) is 21.0 Å². The van der Waals surface area contributed by atoms with Gasteiger partial charge in [0.1, 0.15) is 0 Å². The second-order valence-electron chi connectivity index (χ2n) is 3.79. The Balaban J connectivity index is 2.98. The van der Waals surface area contributed by atoms with Crippen LogP contribution in [0, 0.1) is 0 Å². The lowest BCUT2D eigenvalue weighted by Gasteiger charge is -2.11. The number of halogens is 4. The Hall–Kier alpha value is -1.29. The van der Waals surface area contributed by atoms with Crippen molar-refractivity contribution in [1.29, 1.82) is 0 Å². The summed E-state index contributed by atoms with van der Waals surface area (Å²) in [7, 11) is -4.03. The number of sulfonamides is 1. The number of carboxylic acids is 1. The van der Waals surface area contributed by atoms with Crippen LogP contribution < -0.4 is 4.72 Å². The predicted molar refractivity (Wildman–Crippen MR) is 68.8 cm³/mol. The Morgan fingerprint density at radius 1 is 1.30 bits per heavy atom. The lowest BCUT2D eigenvalue weighted by Crippen LogP contribution is -2.19. The average molecular weight is 376 g/mol. The van der Waals surface area contributed by atoms with Gasteiger partial charge in [0.15, 0.2) is 0 Å². The van der Waals surface area contributed by atoms with Gasteiger partial charge in [-0.15, -0.1) is 0 Å². The van der Waals surface area contributed by atoms with Crippen molar-refractivity contribution in [3.8, 4) is 0 Å². The second kappa shape index (κ2) is 6.00. The van der Waals surface area contributed by atoms with Crippen LogP contribution in [0.5, 0.6) is 0 Å². The minimum Gasteiger partial charge on any atom is -0.481 e. The summed E-state index contributed by atoms with van der Waals surface area (Å²) in [6.07, 6.45) is -5.26. The zero-order valence-corrected chi connectivity index (χ0v) is 12.1. The zero-order chi connectivity index (χ0) is 15.6. The van der Waals surface area contributed by atoms with Gasteiger partial charge in [-0.1, -0.05) is 15.9 Å². The molecule has 0 unspecified atom stereocenters. The summed E-state index contributed by atoms with van der Waals surface area (Å²) in [4.78, 5) is 10.3. The Morgan fingerprint density at radius 2 is 1.90 bits per heavy atom. The van der Waals surface area contributed by atoms with E-state index in [4.69, 9.17) is 5.11 Å². The van der Waals surface area contributed by atoms with Crippen molar-refractivity contribution in [3.63, 3.8) is 0 Å². The number of nitrogens with one attached hydrogen (secondary N) is 1. The van der Waals surface area contributed by atoms with E-state index in [9.17, 15) is 26.4 Å². The first-order valence-corrected chi connectivity index (χ1v) is 7.54. The van der Waals surface area contributed by atoms with Crippen LogP contribution in [-0.4, -0.2) is 25.2 Å². The number of hydrogen-bond donors (Lipinski definition) is 2. The first-order valence-electron chi connectivity index (χ1n) is 5.10. The number of anilines is 1. The van der Waals surface area contributed by atoms with Gasteiger partial charge in [-0.3, -0.25) is 9.52 Å². The quantitative estimate of drug-likeness (QED) is 0.828. The third-order valence-electron chi connectivity index (χ3n) is 2.08. The summed E-state index contributed by atoms with van der Waals surface area (Å²) in [5.41, 5.74) is -1.32. The molecule has 0 fully saturated rings. The van der Waals surface area contributed by atoms with E-state index in [1.807, 2.05) is 4.72 Å². The first-order chi connectivity index (χ1) is 8.99. The van der Waals surface area contributed by atoms with Crippen molar-refractivity contribution < 1.29 is 31.5 Å². The number of hydrogen-bond acceptors (Lipinski definition) is 3. The van der Waals surface area contributed by atoms with E-state index >= 15 is 0 Å². The number of aliphatic carboxylic acids is 1. The van der Waals surface area contributed by atoms with Gasteiger partial charge in [-0.2, -0.15) is 13.2 Å². The Kier molecular flexibility index (Phi) is 5.03. The lowest BCUT2D eigenvalue weighted by atomic mass is 10.2. The van der Waals surface area contributed by atoms with Crippen molar-refractivity contribution in [3.05, 3.63) is 28.2 Å². The topological polar surface area (TPSA) is 83.5 Å². The van der Waals surface area contributed by atoms with Crippen molar-refractivity contribution in [1.82, 2.24) is 0 Å². The van der Waals surface area contributed by atoms with Crippen LogP contribution in [0.15, 0.2) is 22.7 Å². The summed E-state index contributed by atoms with van der Waals surface area (Å²) < 4.78 is 62.6. The second-order valence-corrected chi connectivity index (χ2v) is 6.55. The third kappa shape index (κ3) is 5.37. The monoisotopic (exact) mass is 375 g/mol. The Morgan fingerprint density at radius 3 is 2.40 bits per heavy atom. The molecule has 5 nitrogen and oxygen atoms in total. The van der Waals surface area contributed by atoms with Gasteiger partial charge in [0, 0.05) is 4.47 Å². The van der Waals surface area contributed by atoms with Crippen molar-refractivity contribution in [2.45, 2.75) is 12.6 Å². The van der Waals surface area contributed by atoms with Crippen LogP contribution >= 0.6 is 15.9 Å². The molecule has 0 aliphatic rings. The molecule has 0 heterocycles. The summed E-state index contributed by atoms with van der Waals surface area (Å²) >= 11 is 2.85. The van der Waals surface area contributed by atoms with E-state index in [0.29, 0.717) is 6.07 Å². The predicted octanol–water partition coefficient (Wildman–Crippen LogP) is 2.68. The number of rotatable bonds is 5. The summed E-state index contributed by atoms with van der Waals surface area (Å²) in [5, 5.41) is 8.39. The molecule has 1 aromatic rings. The van der Waals surface area contributed by atoms with E-state index in [2.05, 4.69) is 15.9 Å².